The van der Waals surface area contributed by atoms with Crippen LogP contribution in [-0.4, -0.2) is 29.9 Å². The van der Waals surface area contributed by atoms with Crippen LogP contribution >= 0.6 is 0 Å². The number of hydrogen-bond donors (Lipinski definition) is 1. The third-order valence-corrected chi connectivity index (χ3v) is 2.94. The Morgan fingerprint density at radius 2 is 2.10 bits per heavy atom. The molecule has 1 N–H and O–H groups in total. The summed E-state index contributed by atoms with van der Waals surface area (Å²) in [5.41, 5.74) is 1.47. The molecule has 0 amide bonds. The van der Waals surface area contributed by atoms with Crippen LogP contribution in [0.3, 0.4) is 0 Å². The quantitative estimate of drug-likeness (QED) is 0.936. The second-order valence-electron chi connectivity index (χ2n) is 5.94. The second-order valence-corrected chi connectivity index (χ2v) is 5.94. The van der Waals surface area contributed by atoms with Gasteiger partial charge in [-0.1, -0.05) is 18.2 Å². The lowest BCUT2D eigenvalue weighted by molar-refractivity contribution is 0.0544. The van der Waals surface area contributed by atoms with Crippen molar-refractivity contribution >= 4 is 23.1 Å². The molecule has 0 aliphatic carbocycles. The summed E-state index contributed by atoms with van der Waals surface area (Å²) in [4.78, 5) is 12.1. The Balaban J connectivity index is 2.27. The molecule has 1 aromatic carbocycles. The van der Waals surface area contributed by atoms with Gasteiger partial charge in [0, 0.05) is 18.1 Å². The zero-order valence-electron chi connectivity index (χ0n) is 13.0. The van der Waals surface area contributed by atoms with Crippen molar-refractivity contribution in [1.29, 1.82) is 0 Å². The van der Waals surface area contributed by atoms with Crippen molar-refractivity contribution in [3.63, 3.8) is 0 Å². The van der Waals surface area contributed by atoms with Gasteiger partial charge in [-0.25, -0.2) is 4.79 Å². The van der Waals surface area contributed by atoms with Gasteiger partial charge in [-0.3, -0.25) is 4.57 Å². The predicted octanol–water partition coefficient (Wildman–Crippen LogP) is 3.66. The third kappa shape index (κ3) is 3.95. The van der Waals surface area contributed by atoms with Crippen LogP contribution in [0.5, 0.6) is 0 Å². The van der Waals surface area contributed by atoms with Crippen molar-refractivity contribution in [3.05, 3.63) is 42.1 Å². The van der Waals surface area contributed by atoms with E-state index in [1.165, 1.54) is 0 Å². The fourth-order valence-electron chi connectivity index (χ4n) is 2.05. The standard InChI is InChI=1S/C17H22N2O2/c1-17(2,3)21-16(20)19-11-9-14-12-13(6-5-10-18-4)7-8-15(14)19/h5-9,11-12,18H,10H2,1-4H3. The van der Waals surface area contributed by atoms with Crippen molar-refractivity contribution < 1.29 is 9.53 Å². The van der Waals surface area contributed by atoms with Crippen LogP contribution in [0, 0.1) is 0 Å². The molecule has 0 unspecified atom stereocenters. The normalized spacial score (nSPS) is 12.2. The summed E-state index contributed by atoms with van der Waals surface area (Å²) < 4.78 is 6.94. The molecule has 0 spiro atoms. The molecule has 4 nitrogen and oxygen atoms in total. The molecule has 0 atom stereocenters. The highest BCUT2D eigenvalue weighted by atomic mass is 16.6. The highest BCUT2D eigenvalue weighted by Gasteiger charge is 2.18. The van der Waals surface area contributed by atoms with E-state index < -0.39 is 5.60 Å². The minimum Gasteiger partial charge on any atom is -0.443 e. The molecule has 0 saturated carbocycles. The summed E-state index contributed by atoms with van der Waals surface area (Å²) in [6.07, 6.45) is 5.52. The summed E-state index contributed by atoms with van der Waals surface area (Å²) in [7, 11) is 1.91. The smallest absolute Gasteiger partial charge is 0.418 e. The van der Waals surface area contributed by atoms with Gasteiger partial charge < -0.3 is 10.1 Å². The molecule has 112 valence electrons. The largest absolute Gasteiger partial charge is 0.443 e. The molecule has 0 aliphatic rings. The van der Waals surface area contributed by atoms with Gasteiger partial charge in [0.1, 0.15) is 5.60 Å². The Kier molecular flexibility index (Phi) is 4.48. The first-order chi connectivity index (χ1) is 9.90. The lowest BCUT2D eigenvalue weighted by Crippen LogP contribution is -2.26. The maximum absolute atomic E-state index is 12.1. The first kappa shape index (κ1) is 15.3. The van der Waals surface area contributed by atoms with E-state index >= 15 is 0 Å². The number of nitrogens with one attached hydrogen (secondary N) is 1. The van der Waals surface area contributed by atoms with Crippen LogP contribution < -0.4 is 5.32 Å². The number of ether oxygens (including phenoxy) is 1. The Morgan fingerprint density at radius 1 is 1.33 bits per heavy atom. The van der Waals surface area contributed by atoms with Gasteiger partial charge in [0.2, 0.25) is 0 Å². The maximum atomic E-state index is 12.1. The van der Waals surface area contributed by atoms with Crippen LogP contribution in [0.1, 0.15) is 26.3 Å². The van der Waals surface area contributed by atoms with E-state index in [4.69, 9.17) is 4.74 Å². The average Bonchev–Trinajstić information content (AvgIpc) is 2.80. The van der Waals surface area contributed by atoms with Gasteiger partial charge in [-0.2, -0.15) is 0 Å². The van der Waals surface area contributed by atoms with Gasteiger partial charge in [-0.05, 0) is 51.6 Å². The number of carbonyl (C=O) groups is 1. The van der Waals surface area contributed by atoms with Crippen molar-refractivity contribution in [1.82, 2.24) is 9.88 Å². The van der Waals surface area contributed by atoms with Crippen LogP contribution in [0.15, 0.2) is 36.5 Å². The molecule has 0 saturated heterocycles. The van der Waals surface area contributed by atoms with Crippen molar-refractivity contribution in [2.24, 2.45) is 0 Å². The van der Waals surface area contributed by atoms with Gasteiger partial charge in [0.25, 0.3) is 0 Å². The molecule has 2 aromatic rings. The lowest BCUT2D eigenvalue weighted by Gasteiger charge is -2.19. The van der Waals surface area contributed by atoms with Gasteiger partial charge >= 0.3 is 6.09 Å². The zero-order valence-corrected chi connectivity index (χ0v) is 13.0. The van der Waals surface area contributed by atoms with Crippen LogP contribution in [-0.2, 0) is 4.74 Å². The number of aromatic nitrogens is 1. The number of rotatable bonds is 3. The summed E-state index contributed by atoms with van der Waals surface area (Å²) in [6, 6.07) is 7.92. The topological polar surface area (TPSA) is 43.3 Å². The Bertz CT molecular complexity index is 663. The molecule has 0 radical (unpaired) electrons. The van der Waals surface area contributed by atoms with E-state index in [9.17, 15) is 4.79 Å². The van der Waals surface area contributed by atoms with E-state index in [0.717, 1.165) is 23.0 Å². The monoisotopic (exact) mass is 286 g/mol. The molecule has 4 heteroatoms. The fourth-order valence-corrected chi connectivity index (χ4v) is 2.05. The van der Waals surface area contributed by atoms with Crippen molar-refractivity contribution in [3.8, 4) is 0 Å². The zero-order chi connectivity index (χ0) is 15.5. The van der Waals surface area contributed by atoms with Crippen LogP contribution in [0.2, 0.25) is 0 Å². The minimum absolute atomic E-state index is 0.351. The molecule has 0 aliphatic heterocycles. The first-order valence-corrected chi connectivity index (χ1v) is 7.06. The van der Waals surface area contributed by atoms with E-state index in [0.29, 0.717) is 0 Å². The minimum atomic E-state index is -0.497. The Hall–Kier alpha value is -2.07. The molecule has 21 heavy (non-hydrogen) atoms. The summed E-state index contributed by atoms with van der Waals surface area (Å²) >= 11 is 0. The average molecular weight is 286 g/mol. The third-order valence-electron chi connectivity index (χ3n) is 2.94. The molecular weight excluding hydrogens is 264 g/mol. The molecule has 1 heterocycles. The van der Waals surface area contributed by atoms with E-state index in [2.05, 4.69) is 23.5 Å². The first-order valence-electron chi connectivity index (χ1n) is 7.06. The van der Waals surface area contributed by atoms with E-state index in [-0.39, 0.29) is 6.09 Å². The summed E-state index contributed by atoms with van der Waals surface area (Å²) in [5.74, 6) is 0. The summed E-state index contributed by atoms with van der Waals surface area (Å²) in [6.45, 7) is 6.42. The number of carbonyl (C=O) groups excluding carboxylic acids is 1. The number of hydrogen-bond acceptors (Lipinski definition) is 3. The Morgan fingerprint density at radius 3 is 2.76 bits per heavy atom. The number of likely N-dealkylation sites (N-methyl/N-ethyl adjacent to an activating group) is 1. The molecule has 0 bridgehead atoms. The van der Waals surface area contributed by atoms with Crippen molar-refractivity contribution in [2.75, 3.05) is 13.6 Å². The predicted molar refractivity (Wildman–Crippen MR) is 86.5 cm³/mol. The lowest BCUT2D eigenvalue weighted by atomic mass is 10.1. The van der Waals surface area contributed by atoms with Crippen LogP contribution in [0.4, 0.5) is 4.79 Å². The van der Waals surface area contributed by atoms with Crippen LogP contribution in [0.25, 0.3) is 17.0 Å². The fraction of sp³-hybridized carbons (Fsp3) is 0.353. The highest BCUT2D eigenvalue weighted by molar-refractivity contribution is 5.90. The summed E-state index contributed by atoms with van der Waals surface area (Å²) in [5, 5.41) is 4.08. The van der Waals surface area contributed by atoms with Gasteiger partial charge in [-0.15, -0.1) is 0 Å². The molecule has 0 fully saturated rings. The van der Waals surface area contributed by atoms with E-state index in [1.807, 2.05) is 46.0 Å². The van der Waals surface area contributed by atoms with Gasteiger partial charge in [0.05, 0.1) is 5.52 Å². The highest BCUT2D eigenvalue weighted by Crippen LogP contribution is 2.20. The number of nitrogens with zero attached hydrogens (tertiary/aromatic N) is 1. The van der Waals surface area contributed by atoms with Crippen molar-refractivity contribution in [2.45, 2.75) is 26.4 Å². The SMILES string of the molecule is CNCC=Cc1ccc2c(ccn2C(=O)OC(C)(C)C)c1. The number of benzene rings is 1. The Labute approximate surface area is 125 Å². The molecule has 1 aromatic heterocycles. The molecule has 2 rings (SSSR count). The maximum Gasteiger partial charge on any atom is 0.418 e. The van der Waals surface area contributed by atoms with Gasteiger partial charge in [0.15, 0.2) is 0 Å². The number of fused-ring (bicyclic) bond motifs is 1. The van der Waals surface area contributed by atoms with E-state index in [1.54, 1.807) is 10.8 Å². The second kappa shape index (κ2) is 6.14. The molecular formula is C17H22N2O2.